The highest BCUT2D eigenvalue weighted by atomic mass is 32.2. The number of aliphatic carboxylic acids is 1. The van der Waals surface area contributed by atoms with Gasteiger partial charge in [0.05, 0.1) is 23.0 Å². The van der Waals surface area contributed by atoms with E-state index in [-0.39, 0.29) is 4.90 Å². The van der Waals surface area contributed by atoms with Crippen LogP contribution < -0.4 is 5.32 Å². The molecule has 0 saturated heterocycles. The van der Waals surface area contributed by atoms with Gasteiger partial charge < -0.3 is 10.4 Å². The van der Waals surface area contributed by atoms with Gasteiger partial charge >= 0.3 is 12.1 Å². The molecule has 12 heteroatoms. The van der Waals surface area contributed by atoms with Crippen LogP contribution in [0.3, 0.4) is 0 Å². The van der Waals surface area contributed by atoms with Crippen molar-refractivity contribution in [3.8, 4) is 0 Å². The molecule has 2 heterocycles. The third-order valence-electron chi connectivity index (χ3n) is 4.23. The summed E-state index contributed by atoms with van der Waals surface area (Å²) in [5.74, 6) is -2.76. The fourth-order valence-corrected chi connectivity index (χ4v) is 3.87. The van der Waals surface area contributed by atoms with Gasteiger partial charge in [-0.3, -0.25) is 0 Å². The van der Waals surface area contributed by atoms with Crippen molar-refractivity contribution in [1.82, 2.24) is 14.2 Å². The topological polar surface area (TPSA) is 114 Å². The van der Waals surface area contributed by atoms with E-state index < -0.39 is 22.2 Å². The Hall–Kier alpha value is -3.93. The zero-order chi connectivity index (χ0) is 24.2. The molecule has 0 fully saturated rings. The van der Waals surface area contributed by atoms with E-state index in [1.165, 1.54) is 6.20 Å². The van der Waals surface area contributed by atoms with E-state index in [9.17, 15) is 21.6 Å². The fraction of sp³-hybridized carbons (Fsp3) is 0.0952. The van der Waals surface area contributed by atoms with E-state index in [4.69, 9.17) is 9.90 Å². The van der Waals surface area contributed by atoms with Gasteiger partial charge in [0.1, 0.15) is 0 Å². The van der Waals surface area contributed by atoms with Gasteiger partial charge in [-0.2, -0.15) is 26.7 Å². The van der Waals surface area contributed by atoms with Gasteiger partial charge in [-0.15, -0.1) is 4.09 Å². The van der Waals surface area contributed by atoms with Crippen LogP contribution in [-0.4, -0.2) is 39.8 Å². The van der Waals surface area contributed by atoms with E-state index in [1.807, 2.05) is 43.3 Å². The van der Waals surface area contributed by atoms with E-state index in [1.54, 1.807) is 30.5 Å². The number of hydrogen-bond acceptors (Lipinski definition) is 6. The molecule has 172 valence electrons. The molecule has 0 radical (unpaired) electrons. The molecule has 4 aromatic rings. The number of nitrogens with one attached hydrogen (secondary N) is 1. The van der Waals surface area contributed by atoms with Gasteiger partial charge in [-0.05, 0) is 37.3 Å². The van der Waals surface area contributed by atoms with Crippen molar-refractivity contribution in [2.75, 3.05) is 5.32 Å². The maximum Gasteiger partial charge on any atom is 0.490 e. The minimum Gasteiger partial charge on any atom is -0.475 e. The number of halogens is 3. The summed E-state index contributed by atoms with van der Waals surface area (Å²) < 4.78 is 58.4. The van der Waals surface area contributed by atoms with Crippen LogP contribution in [-0.2, 0) is 14.8 Å². The normalized spacial score (nSPS) is 11.5. The number of nitrogens with zero attached hydrogens (tertiary/aromatic N) is 3. The van der Waals surface area contributed by atoms with Crippen molar-refractivity contribution in [3.05, 3.63) is 78.6 Å². The lowest BCUT2D eigenvalue weighted by Gasteiger charge is -2.07. The summed E-state index contributed by atoms with van der Waals surface area (Å²) in [5, 5.41) is 15.1. The molecule has 2 N–H and O–H groups in total. The molecule has 0 saturated carbocycles. The summed E-state index contributed by atoms with van der Waals surface area (Å²) in [7, 11) is -3.79. The second kappa shape index (κ2) is 9.28. The molecule has 2 aromatic carbocycles. The molecule has 33 heavy (non-hydrogen) atoms. The average Bonchev–Trinajstić information content (AvgIpc) is 3.19. The quantitative estimate of drug-likeness (QED) is 0.448. The zero-order valence-corrected chi connectivity index (χ0v) is 17.8. The number of hydrogen-bond donors (Lipinski definition) is 2. The molecule has 0 aliphatic heterocycles. The van der Waals surface area contributed by atoms with Gasteiger partial charge in [0.2, 0.25) is 0 Å². The van der Waals surface area contributed by atoms with Gasteiger partial charge in [0, 0.05) is 11.1 Å². The first-order valence-corrected chi connectivity index (χ1v) is 10.7. The number of aromatic nitrogens is 3. The van der Waals surface area contributed by atoms with Crippen LogP contribution in [0.5, 0.6) is 0 Å². The van der Waals surface area contributed by atoms with E-state index in [2.05, 4.69) is 15.4 Å². The third-order valence-corrected chi connectivity index (χ3v) is 5.82. The maximum atomic E-state index is 12.8. The summed E-state index contributed by atoms with van der Waals surface area (Å²) in [6, 6.07) is 18.2. The number of carboxylic acid groups (broad SMARTS) is 1. The Morgan fingerprint density at radius 2 is 1.61 bits per heavy atom. The number of fused-ring (bicyclic) bond motifs is 1. The van der Waals surface area contributed by atoms with Crippen molar-refractivity contribution >= 4 is 38.4 Å². The number of alkyl halides is 3. The average molecular weight is 478 g/mol. The minimum atomic E-state index is -5.08. The first kappa shape index (κ1) is 23.7. The number of aryl methyl sites for hydroxylation is 1. The Bertz CT molecular complexity index is 1370. The number of carbonyl (C=O) groups is 1. The summed E-state index contributed by atoms with van der Waals surface area (Å²) in [5.41, 5.74) is 2.97. The van der Waals surface area contributed by atoms with Crippen molar-refractivity contribution in [3.63, 3.8) is 0 Å². The second-order valence-corrected chi connectivity index (χ2v) is 8.50. The lowest BCUT2D eigenvalue weighted by Crippen LogP contribution is -2.21. The summed E-state index contributed by atoms with van der Waals surface area (Å²) in [6.45, 7) is 1.91. The van der Waals surface area contributed by atoms with Gasteiger partial charge in [0.15, 0.2) is 5.65 Å². The molecular formula is C21H17F3N4O4S. The molecule has 0 spiro atoms. The summed E-state index contributed by atoms with van der Waals surface area (Å²) in [6.07, 6.45) is -1.98. The number of rotatable bonds is 4. The molecule has 0 bridgehead atoms. The smallest absolute Gasteiger partial charge is 0.475 e. The lowest BCUT2D eigenvalue weighted by molar-refractivity contribution is -0.192. The highest BCUT2D eigenvalue weighted by Gasteiger charge is 2.38. The molecule has 0 atom stereocenters. The van der Waals surface area contributed by atoms with E-state index >= 15 is 0 Å². The van der Waals surface area contributed by atoms with E-state index in [0.29, 0.717) is 11.0 Å². The SMILES string of the molecule is Cc1ccc(S(=O)(=O)n2ncc3cc(Nc4ccccc4)cnc32)cc1.O=C(O)C(F)(F)F. The molecule has 4 rings (SSSR count). The first-order valence-electron chi connectivity index (χ1n) is 9.27. The van der Waals surface area contributed by atoms with Gasteiger partial charge in [-0.25, -0.2) is 9.78 Å². The summed E-state index contributed by atoms with van der Waals surface area (Å²) in [4.78, 5) is 13.4. The Morgan fingerprint density at radius 3 is 2.18 bits per heavy atom. The fourth-order valence-electron chi connectivity index (χ4n) is 2.64. The van der Waals surface area contributed by atoms with Crippen molar-refractivity contribution in [1.29, 1.82) is 0 Å². The molecule has 0 aliphatic rings. The number of anilines is 2. The molecule has 0 aliphatic carbocycles. The predicted octanol–water partition coefficient (Wildman–Crippen LogP) is 4.35. The standard InChI is InChI=1S/C19H16N4O2S.C2HF3O2/c1-14-7-9-18(10-8-14)26(24,25)23-19-15(12-21-23)11-17(13-20-19)22-16-5-3-2-4-6-16;3-2(4,5)1(6)7/h2-13,22H,1H3;(H,6,7). The van der Waals surface area contributed by atoms with Crippen LogP contribution in [0.15, 0.2) is 78.0 Å². The number of carboxylic acids is 1. The second-order valence-electron chi connectivity index (χ2n) is 6.74. The van der Waals surface area contributed by atoms with Crippen LogP contribution in [0.25, 0.3) is 11.0 Å². The Labute approximate surface area is 186 Å². The van der Waals surface area contributed by atoms with Crippen LogP contribution in [0.2, 0.25) is 0 Å². The lowest BCUT2D eigenvalue weighted by atomic mass is 10.2. The Balaban J connectivity index is 0.000000383. The predicted molar refractivity (Wildman–Crippen MR) is 115 cm³/mol. The van der Waals surface area contributed by atoms with Crippen LogP contribution in [0.1, 0.15) is 5.56 Å². The molecule has 0 unspecified atom stereocenters. The summed E-state index contributed by atoms with van der Waals surface area (Å²) >= 11 is 0. The number of pyridine rings is 1. The minimum absolute atomic E-state index is 0.182. The van der Waals surface area contributed by atoms with Crippen LogP contribution in [0.4, 0.5) is 24.5 Å². The molecule has 0 amide bonds. The first-order chi connectivity index (χ1) is 15.5. The van der Waals surface area contributed by atoms with Crippen molar-refractivity contribution in [2.45, 2.75) is 18.0 Å². The largest absolute Gasteiger partial charge is 0.490 e. The van der Waals surface area contributed by atoms with Gasteiger partial charge in [0.25, 0.3) is 10.0 Å². The highest BCUT2D eigenvalue weighted by molar-refractivity contribution is 7.90. The van der Waals surface area contributed by atoms with Crippen LogP contribution in [0, 0.1) is 6.92 Å². The number of benzene rings is 2. The Morgan fingerprint density at radius 1 is 1.00 bits per heavy atom. The number of para-hydroxylation sites is 1. The van der Waals surface area contributed by atoms with Gasteiger partial charge in [-0.1, -0.05) is 35.9 Å². The maximum absolute atomic E-state index is 12.8. The van der Waals surface area contributed by atoms with Crippen molar-refractivity contribution in [2.24, 2.45) is 0 Å². The van der Waals surface area contributed by atoms with Crippen molar-refractivity contribution < 1.29 is 31.5 Å². The third kappa shape index (κ3) is 5.66. The molecule has 8 nitrogen and oxygen atoms in total. The Kier molecular flexibility index (Phi) is 6.68. The highest BCUT2D eigenvalue weighted by Crippen LogP contribution is 2.23. The molecular weight excluding hydrogens is 461 g/mol. The molecule has 2 aromatic heterocycles. The zero-order valence-electron chi connectivity index (χ0n) is 17.0. The monoisotopic (exact) mass is 478 g/mol. The van der Waals surface area contributed by atoms with E-state index in [0.717, 1.165) is 21.0 Å². The van der Waals surface area contributed by atoms with Crippen LogP contribution >= 0.6 is 0 Å².